The zero-order chi connectivity index (χ0) is 18.5. The van der Waals surface area contributed by atoms with Crippen molar-refractivity contribution in [1.82, 2.24) is 24.8 Å². The number of hydrogen-bond acceptors (Lipinski definition) is 4. The summed E-state index contributed by atoms with van der Waals surface area (Å²) in [5, 5.41) is 9.27. The number of aromatic nitrogens is 5. The molecule has 5 rings (SSSR count). The Morgan fingerprint density at radius 1 is 1.22 bits per heavy atom. The molecule has 4 aromatic rings. The lowest BCUT2D eigenvalue weighted by Gasteiger charge is -2.24. The van der Waals surface area contributed by atoms with Gasteiger partial charge < -0.3 is 4.98 Å². The Morgan fingerprint density at radius 3 is 2.85 bits per heavy atom. The van der Waals surface area contributed by atoms with Crippen LogP contribution in [0, 0.1) is 11.6 Å². The molecule has 0 bridgehead atoms. The first-order valence-corrected chi connectivity index (χ1v) is 8.80. The summed E-state index contributed by atoms with van der Waals surface area (Å²) < 4.78 is 29.3. The fourth-order valence-corrected chi connectivity index (χ4v) is 3.70. The number of H-pyrrole nitrogens is 1. The van der Waals surface area contributed by atoms with Crippen molar-refractivity contribution < 1.29 is 8.78 Å². The van der Waals surface area contributed by atoms with Gasteiger partial charge in [0.25, 0.3) is 0 Å². The van der Waals surface area contributed by atoms with Gasteiger partial charge in [-0.25, -0.2) is 13.8 Å². The van der Waals surface area contributed by atoms with E-state index in [2.05, 4.69) is 20.2 Å². The van der Waals surface area contributed by atoms with Gasteiger partial charge in [-0.3, -0.25) is 4.79 Å². The van der Waals surface area contributed by atoms with Gasteiger partial charge in [0.2, 0.25) is 5.56 Å². The maximum atomic E-state index is 14.2. The topological polar surface area (TPSA) is 75.9 Å². The average molecular weight is 367 g/mol. The second-order valence-corrected chi connectivity index (χ2v) is 6.87. The second-order valence-electron chi connectivity index (χ2n) is 6.87. The van der Waals surface area contributed by atoms with Crippen molar-refractivity contribution in [3.05, 3.63) is 69.4 Å². The number of hydrogen-bond donors (Lipinski definition) is 1. The molecular weight excluding hydrogens is 352 g/mol. The van der Waals surface area contributed by atoms with Crippen LogP contribution in [0.5, 0.6) is 0 Å². The van der Waals surface area contributed by atoms with E-state index in [0.717, 1.165) is 36.6 Å². The zero-order valence-electron chi connectivity index (χ0n) is 14.2. The highest BCUT2D eigenvalue weighted by Crippen LogP contribution is 2.39. The van der Waals surface area contributed by atoms with Gasteiger partial charge in [-0.2, -0.15) is 10.2 Å². The average Bonchev–Trinajstić information content (AvgIpc) is 2.95. The fraction of sp³-hybridized carbons (Fsp3) is 0.263. The summed E-state index contributed by atoms with van der Waals surface area (Å²) in [6.45, 7) is 0. The van der Waals surface area contributed by atoms with Crippen LogP contribution in [-0.2, 0) is 6.42 Å². The summed E-state index contributed by atoms with van der Waals surface area (Å²) in [4.78, 5) is 18.8. The fourth-order valence-electron chi connectivity index (χ4n) is 3.70. The van der Waals surface area contributed by atoms with Gasteiger partial charge in [0.05, 0.1) is 17.4 Å². The summed E-state index contributed by atoms with van der Waals surface area (Å²) in [6.07, 6.45) is 6.75. The number of halogens is 2. The molecule has 0 aliphatic heterocycles. The summed E-state index contributed by atoms with van der Waals surface area (Å²) in [5.41, 5.74) is 2.43. The third-order valence-corrected chi connectivity index (χ3v) is 5.26. The Bertz CT molecular complexity index is 1240. The molecule has 1 aromatic carbocycles. The highest BCUT2D eigenvalue weighted by molar-refractivity contribution is 5.83. The molecule has 0 spiro atoms. The van der Waals surface area contributed by atoms with Crippen LogP contribution in [0.15, 0.2) is 35.4 Å². The molecule has 8 heteroatoms. The standard InChI is InChI=1S/C19H15F2N5O/c20-14-5-4-12-11(9-15(27)24-18(12)16(14)21)8-13-17(10-2-1-3-10)25-26-19(13)22-6-7-23-26/h4-7,9-10H,1-3,8H2,(H,24,27). The lowest BCUT2D eigenvalue weighted by Crippen LogP contribution is -2.13. The van der Waals surface area contributed by atoms with E-state index in [1.165, 1.54) is 16.8 Å². The van der Waals surface area contributed by atoms with Gasteiger partial charge in [0, 0.05) is 35.6 Å². The Hall–Kier alpha value is -3.16. The summed E-state index contributed by atoms with van der Waals surface area (Å²) >= 11 is 0. The lowest BCUT2D eigenvalue weighted by atomic mass is 9.81. The summed E-state index contributed by atoms with van der Waals surface area (Å²) in [5.74, 6) is -1.71. The van der Waals surface area contributed by atoms with Crippen LogP contribution >= 0.6 is 0 Å². The van der Waals surface area contributed by atoms with Crippen LogP contribution in [0.2, 0.25) is 0 Å². The molecule has 0 unspecified atom stereocenters. The Morgan fingerprint density at radius 2 is 2.07 bits per heavy atom. The van der Waals surface area contributed by atoms with Crippen LogP contribution in [0.4, 0.5) is 8.78 Å². The highest BCUT2D eigenvalue weighted by Gasteiger charge is 2.28. The number of aromatic amines is 1. The third kappa shape index (κ3) is 2.51. The van der Waals surface area contributed by atoms with Gasteiger partial charge in [0.15, 0.2) is 17.3 Å². The van der Waals surface area contributed by atoms with Gasteiger partial charge in [-0.05, 0) is 30.5 Å². The quantitative estimate of drug-likeness (QED) is 0.604. The molecule has 27 heavy (non-hydrogen) atoms. The molecule has 1 aliphatic carbocycles. The van der Waals surface area contributed by atoms with Gasteiger partial charge in [-0.15, -0.1) is 4.63 Å². The molecule has 136 valence electrons. The molecule has 1 saturated carbocycles. The van der Waals surface area contributed by atoms with Crippen molar-refractivity contribution in [2.45, 2.75) is 31.6 Å². The van der Waals surface area contributed by atoms with Crippen molar-refractivity contribution in [2.75, 3.05) is 0 Å². The molecular formula is C19H15F2N5O. The lowest BCUT2D eigenvalue weighted by molar-refractivity contribution is 0.406. The molecule has 0 atom stereocenters. The molecule has 1 N–H and O–H groups in total. The van der Waals surface area contributed by atoms with E-state index in [-0.39, 0.29) is 5.52 Å². The van der Waals surface area contributed by atoms with E-state index >= 15 is 0 Å². The largest absolute Gasteiger partial charge is 0.319 e. The van der Waals surface area contributed by atoms with Crippen molar-refractivity contribution in [2.24, 2.45) is 0 Å². The maximum absolute atomic E-state index is 14.2. The highest BCUT2D eigenvalue weighted by atomic mass is 19.2. The number of nitrogens with zero attached hydrogens (tertiary/aromatic N) is 4. The first-order chi connectivity index (χ1) is 13.1. The first kappa shape index (κ1) is 16.0. The van der Waals surface area contributed by atoms with Crippen molar-refractivity contribution in [1.29, 1.82) is 0 Å². The number of rotatable bonds is 3. The summed E-state index contributed by atoms with van der Waals surface area (Å²) in [6, 6.07) is 3.98. The van der Waals surface area contributed by atoms with Gasteiger partial charge in [0.1, 0.15) is 0 Å². The predicted molar refractivity (Wildman–Crippen MR) is 94.7 cm³/mol. The van der Waals surface area contributed by atoms with Crippen molar-refractivity contribution >= 4 is 16.6 Å². The van der Waals surface area contributed by atoms with Crippen LogP contribution in [0.25, 0.3) is 16.6 Å². The van der Waals surface area contributed by atoms with Crippen LogP contribution in [0.1, 0.15) is 42.0 Å². The van der Waals surface area contributed by atoms with Crippen LogP contribution in [0.3, 0.4) is 0 Å². The molecule has 0 amide bonds. The Balaban J connectivity index is 1.72. The van der Waals surface area contributed by atoms with E-state index < -0.39 is 17.2 Å². The van der Waals surface area contributed by atoms with Crippen LogP contribution in [-0.4, -0.2) is 24.8 Å². The Labute approximate surface area is 151 Å². The van der Waals surface area contributed by atoms with Crippen molar-refractivity contribution in [3.63, 3.8) is 0 Å². The molecule has 1 aliphatic rings. The number of fused-ring (bicyclic) bond motifs is 2. The van der Waals surface area contributed by atoms with E-state index in [1.54, 1.807) is 12.4 Å². The van der Waals surface area contributed by atoms with E-state index in [9.17, 15) is 13.6 Å². The van der Waals surface area contributed by atoms with E-state index in [0.29, 0.717) is 28.9 Å². The summed E-state index contributed by atoms with van der Waals surface area (Å²) in [7, 11) is 0. The minimum atomic E-state index is -1.05. The number of nitrogens with one attached hydrogen (secondary N) is 1. The number of benzene rings is 1. The monoisotopic (exact) mass is 367 g/mol. The smallest absolute Gasteiger partial charge is 0.248 e. The predicted octanol–water partition coefficient (Wildman–Crippen LogP) is 3.10. The normalized spacial score (nSPS) is 14.7. The zero-order valence-corrected chi connectivity index (χ0v) is 14.2. The van der Waals surface area contributed by atoms with Crippen molar-refractivity contribution in [3.8, 4) is 0 Å². The van der Waals surface area contributed by atoms with Gasteiger partial charge in [-0.1, -0.05) is 6.42 Å². The number of pyridine rings is 1. The molecule has 0 saturated heterocycles. The minimum absolute atomic E-state index is 0.120. The molecule has 3 aromatic heterocycles. The second kappa shape index (κ2) is 5.94. The third-order valence-electron chi connectivity index (χ3n) is 5.26. The van der Waals surface area contributed by atoms with Gasteiger partial charge >= 0.3 is 0 Å². The van der Waals surface area contributed by atoms with E-state index in [1.807, 2.05) is 0 Å². The molecule has 0 radical (unpaired) electrons. The Kier molecular flexibility index (Phi) is 3.53. The molecule has 3 heterocycles. The van der Waals surface area contributed by atoms with E-state index in [4.69, 9.17) is 0 Å². The SMILES string of the molecule is O=c1cc(Cc2c(C3CCC3)nn3nccnc23)c2ccc(F)c(F)c2[nH]1. The van der Waals surface area contributed by atoms with Crippen LogP contribution < -0.4 is 5.56 Å². The molecule has 1 fully saturated rings. The maximum Gasteiger partial charge on any atom is 0.248 e. The first-order valence-electron chi connectivity index (χ1n) is 8.80. The minimum Gasteiger partial charge on any atom is -0.319 e. The molecule has 6 nitrogen and oxygen atoms in total.